The van der Waals surface area contributed by atoms with Crippen LogP contribution in [0.15, 0.2) is 78.9 Å². The highest BCUT2D eigenvalue weighted by atomic mass is 19.1. The molecular formula is C31H37FN2O2. The molecule has 0 spiro atoms. The van der Waals surface area contributed by atoms with Crippen molar-refractivity contribution in [3.05, 3.63) is 101 Å². The summed E-state index contributed by atoms with van der Waals surface area (Å²) in [5.41, 5.74) is 3.18. The van der Waals surface area contributed by atoms with Crippen LogP contribution >= 0.6 is 0 Å². The van der Waals surface area contributed by atoms with Gasteiger partial charge < -0.3 is 9.64 Å². The van der Waals surface area contributed by atoms with Crippen molar-refractivity contribution in [3.8, 4) is 5.75 Å². The number of carbonyl (C=O) groups excluding carboxylic acids is 1. The van der Waals surface area contributed by atoms with E-state index >= 15 is 0 Å². The Labute approximate surface area is 214 Å². The molecule has 4 nitrogen and oxygen atoms in total. The Hall–Kier alpha value is -3.18. The minimum atomic E-state index is -0.264. The van der Waals surface area contributed by atoms with Crippen molar-refractivity contribution >= 4 is 5.91 Å². The van der Waals surface area contributed by atoms with Gasteiger partial charge in [0.2, 0.25) is 5.91 Å². The molecule has 1 aliphatic rings. The second-order valence-corrected chi connectivity index (χ2v) is 10.3. The zero-order chi connectivity index (χ0) is 25.5. The fraction of sp³-hybridized carbons (Fsp3) is 0.387. The molecule has 36 heavy (non-hydrogen) atoms. The van der Waals surface area contributed by atoms with Crippen LogP contribution in [0.2, 0.25) is 0 Å². The highest BCUT2D eigenvalue weighted by Crippen LogP contribution is 2.33. The maximum Gasteiger partial charge on any atom is 0.227 e. The van der Waals surface area contributed by atoms with Gasteiger partial charge in [0.15, 0.2) is 0 Å². The van der Waals surface area contributed by atoms with Gasteiger partial charge >= 0.3 is 0 Å². The van der Waals surface area contributed by atoms with Gasteiger partial charge in [-0.3, -0.25) is 9.69 Å². The molecule has 0 aromatic heterocycles. The summed E-state index contributed by atoms with van der Waals surface area (Å²) in [5, 5.41) is 0. The topological polar surface area (TPSA) is 32.8 Å². The quantitative estimate of drug-likeness (QED) is 0.356. The summed E-state index contributed by atoms with van der Waals surface area (Å²) in [6.07, 6.45) is 2.11. The maximum atomic E-state index is 13.7. The lowest BCUT2D eigenvalue weighted by atomic mass is 9.90. The molecule has 190 valence electrons. The Morgan fingerprint density at radius 3 is 2.33 bits per heavy atom. The predicted molar refractivity (Wildman–Crippen MR) is 142 cm³/mol. The van der Waals surface area contributed by atoms with E-state index < -0.39 is 0 Å². The molecule has 2 atom stereocenters. The lowest BCUT2D eigenvalue weighted by Crippen LogP contribution is -2.47. The minimum absolute atomic E-state index is 0.0940. The van der Waals surface area contributed by atoms with Gasteiger partial charge in [-0.1, -0.05) is 68.4 Å². The number of ether oxygens (including phenoxy) is 1. The van der Waals surface area contributed by atoms with Crippen molar-refractivity contribution in [2.75, 3.05) is 20.2 Å². The second-order valence-electron chi connectivity index (χ2n) is 10.3. The third-order valence-electron chi connectivity index (χ3n) is 6.92. The summed E-state index contributed by atoms with van der Waals surface area (Å²) in [5.74, 6) is 1.11. The Balaban J connectivity index is 1.52. The lowest BCUT2D eigenvalue weighted by molar-refractivity contribution is -0.135. The Morgan fingerprint density at radius 1 is 1.00 bits per heavy atom. The number of hydrogen-bond donors (Lipinski definition) is 0. The van der Waals surface area contributed by atoms with E-state index in [2.05, 4.69) is 50.1 Å². The molecular weight excluding hydrogens is 451 g/mol. The number of hydrogen-bond acceptors (Lipinski definition) is 3. The van der Waals surface area contributed by atoms with Gasteiger partial charge in [0.1, 0.15) is 11.6 Å². The van der Waals surface area contributed by atoms with Crippen LogP contribution in [-0.4, -0.2) is 41.9 Å². The van der Waals surface area contributed by atoms with Crippen LogP contribution < -0.4 is 4.74 Å². The van der Waals surface area contributed by atoms with Crippen molar-refractivity contribution < 1.29 is 13.9 Å². The van der Waals surface area contributed by atoms with Crippen LogP contribution in [0.4, 0.5) is 4.39 Å². The first-order chi connectivity index (χ1) is 17.4. The first kappa shape index (κ1) is 25.9. The summed E-state index contributed by atoms with van der Waals surface area (Å²) in [7, 11) is 2.16. The Kier molecular flexibility index (Phi) is 8.76. The average molecular weight is 489 g/mol. The summed E-state index contributed by atoms with van der Waals surface area (Å²) >= 11 is 0. The standard InChI is InChI=1S/C31H37FN2O2/c1-23(2)22-36-29-15-11-24(12-16-29)19-31(35)34(21-25-9-13-27(32)14-10-25)28-17-18-33(3)30(20-28)26-7-5-4-6-8-26/h4-16,23,28,30H,17-22H2,1-3H3/t28-,30+/m0/s1. The molecule has 0 radical (unpaired) electrons. The van der Waals surface area contributed by atoms with E-state index in [0.717, 1.165) is 36.3 Å². The summed E-state index contributed by atoms with van der Waals surface area (Å²) in [4.78, 5) is 18.1. The third-order valence-corrected chi connectivity index (χ3v) is 6.92. The predicted octanol–water partition coefficient (Wildman–Crippen LogP) is 6.27. The number of rotatable bonds is 9. The fourth-order valence-electron chi connectivity index (χ4n) is 4.86. The molecule has 1 fully saturated rings. The number of benzene rings is 3. The number of amides is 1. The maximum absolute atomic E-state index is 13.7. The molecule has 5 heteroatoms. The summed E-state index contributed by atoms with van der Waals surface area (Å²) in [6.45, 7) is 6.30. The highest BCUT2D eigenvalue weighted by Gasteiger charge is 2.33. The van der Waals surface area contributed by atoms with Crippen LogP contribution in [0, 0.1) is 11.7 Å². The van der Waals surface area contributed by atoms with Crippen LogP contribution in [0.5, 0.6) is 5.75 Å². The van der Waals surface area contributed by atoms with E-state index in [4.69, 9.17) is 4.74 Å². The van der Waals surface area contributed by atoms with E-state index in [-0.39, 0.29) is 23.8 Å². The fourth-order valence-corrected chi connectivity index (χ4v) is 4.86. The molecule has 0 N–H and O–H groups in total. The van der Waals surface area contributed by atoms with Crippen LogP contribution in [0.3, 0.4) is 0 Å². The Morgan fingerprint density at radius 2 is 1.67 bits per heavy atom. The first-order valence-corrected chi connectivity index (χ1v) is 12.9. The van der Waals surface area contributed by atoms with E-state index in [1.807, 2.05) is 35.2 Å². The van der Waals surface area contributed by atoms with Crippen molar-refractivity contribution in [2.24, 2.45) is 5.92 Å². The average Bonchev–Trinajstić information content (AvgIpc) is 2.89. The van der Waals surface area contributed by atoms with Crippen molar-refractivity contribution in [3.63, 3.8) is 0 Å². The van der Waals surface area contributed by atoms with E-state index in [1.54, 1.807) is 12.1 Å². The van der Waals surface area contributed by atoms with Gasteiger partial charge in [-0.2, -0.15) is 0 Å². The smallest absolute Gasteiger partial charge is 0.227 e. The summed E-state index contributed by atoms with van der Waals surface area (Å²) in [6, 6.07) is 25.2. The molecule has 1 aliphatic heterocycles. The van der Waals surface area contributed by atoms with Crippen molar-refractivity contribution in [1.82, 2.24) is 9.80 Å². The number of carbonyl (C=O) groups is 1. The van der Waals surface area contributed by atoms with Crippen LogP contribution in [0.1, 0.15) is 49.4 Å². The third kappa shape index (κ3) is 6.94. The lowest BCUT2D eigenvalue weighted by Gasteiger charge is -2.42. The number of nitrogens with zero attached hydrogens (tertiary/aromatic N) is 2. The van der Waals surface area contributed by atoms with Gasteiger partial charge in [0.25, 0.3) is 0 Å². The van der Waals surface area contributed by atoms with Gasteiger partial charge in [-0.05, 0) is 66.8 Å². The molecule has 1 saturated heterocycles. The molecule has 4 rings (SSSR count). The van der Waals surface area contributed by atoms with Gasteiger partial charge in [0.05, 0.1) is 13.0 Å². The molecule has 0 unspecified atom stereocenters. The molecule has 3 aromatic rings. The zero-order valence-electron chi connectivity index (χ0n) is 21.6. The van der Waals surface area contributed by atoms with Gasteiger partial charge in [0, 0.05) is 25.2 Å². The monoisotopic (exact) mass is 488 g/mol. The van der Waals surface area contributed by atoms with E-state index in [1.165, 1.54) is 17.7 Å². The SMILES string of the molecule is CC(C)COc1ccc(CC(=O)N(Cc2ccc(F)cc2)[C@H]2CCN(C)[C@@H](c3ccccc3)C2)cc1. The van der Waals surface area contributed by atoms with Crippen LogP contribution in [-0.2, 0) is 17.8 Å². The summed E-state index contributed by atoms with van der Waals surface area (Å²) < 4.78 is 19.3. The van der Waals surface area contributed by atoms with Crippen LogP contribution in [0.25, 0.3) is 0 Å². The first-order valence-electron chi connectivity index (χ1n) is 12.9. The van der Waals surface area contributed by atoms with E-state index in [9.17, 15) is 9.18 Å². The molecule has 1 amide bonds. The second kappa shape index (κ2) is 12.2. The molecule has 0 aliphatic carbocycles. The van der Waals surface area contributed by atoms with Crippen molar-refractivity contribution in [2.45, 2.75) is 51.7 Å². The molecule has 0 saturated carbocycles. The minimum Gasteiger partial charge on any atom is -0.493 e. The number of likely N-dealkylation sites (tertiary alicyclic amines) is 1. The molecule has 1 heterocycles. The Bertz CT molecular complexity index is 1100. The van der Waals surface area contributed by atoms with E-state index in [0.29, 0.717) is 25.5 Å². The highest BCUT2D eigenvalue weighted by molar-refractivity contribution is 5.79. The van der Waals surface area contributed by atoms with Crippen molar-refractivity contribution in [1.29, 1.82) is 0 Å². The number of piperidine rings is 1. The molecule has 0 bridgehead atoms. The number of halogens is 1. The normalized spacial score (nSPS) is 18.2. The largest absolute Gasteiger partial charge is 0.493 e. The van der Waals surface area contributed by atoms with Gasteiger partial charge in [-0.25, -0.2) is 4.39 Å². The van der Waals surface area contributed by atoms with Gasteiger partial charge in [-0.15, -0.1) is 0 Å². The molecule has 3 aromatic carbocycles. The zero-order valence-corrected chi connectivity index (χ0v) is 21.6.